The standard InChI is InChI=1S/C16H29NO5/c17-13-14(18)10-11-16(21)22-12-8-6-4-2-1-3-5-7-9-15(19)20/h1-13,17H2,(H,19,20). The number of rotatable bonds is 15. The van der Waals surface area contributed by atoms with Crippen LogP contribution in [-0.4, -0.2) is 36.0 Å². The highest BCUT2D eigenvalue weighted by atomic mass is 16.5. The van der Waals surface area contributed by atoms with Crippen LogP contribution in [0.3, 0.4) is 0 Å². The summed E-state index contributed by atoms with van der Waals surface area (Å²) in [5.41, 5.74) is 5.15. The molecular weight excluding hydrogens is 286 g/mol. The van der Waals surface area contributed by atoms with Crippen molar-refractivity contribution in [2.75, 3.05) is 13.2 Å². The maximum atomic E-state index is 11.3. The first-order valence-corrected chi connectivity index (χ1v) is 8.15. The number of nitrogens with two attached hydrogens (primary N) is 1. The van der Waals surface area contributed by atoms with Crippen molar-refractivity contribution in [3.8, 4) is 0 Å². The van der Waals surface area contributed by atoms with E-state index in [1.54, 1.807) is 0 Å². The highest BCUT2D eigenvalue weighted by Crippen LogP contribution is 2.10. The summed E-state index contributed by atoms with van der Waals surface area (Å²) >= 11 is 0. The van der Waals surface area contributed by atoms with Gasteiger partial charge in [-0.25, -0.2) is 0 Å². The van der Waals surface area contributed by atoms with E-state index in [-0.39, 0.29) is 37.6 Å². The maximum Gasteiger partial charge on any atom is 0.306 e. The predicted molar refractivity (Wildman–Crippen MR) is 83.4 cm³/mol. The molecule has 0 fully saturated rings. The van der Waals surface area contributed by atoms with Gasteiger partial charge in [-0.05, 0) is 12.8 Å². The zero-order valence-corrected chi connectivity index (χ0v) is 13.3. The molecule has 0 atom stereocenters. The zero-order valence-electron chi connectivity index (χ0n) is 13.3. The Morgan fingerprint density at radius 3 is 1.86 bits per heavy atom. The SMILES string of the molecule is NCC(=O)CCC(=O)OCCCCCCCCCCC(=O)O. The molecule has 6 nitrogen and oxygen atoms in total. The minimum absolute atomic E-state index is 0.0242. The van der Waals surface area contributed by atoms with Gasteiger partial charge in [0.1, 0.15) is 5.78 Å². The molecule has 0 saturated heterocycles. The summed E-state index contributed by atoms with van der Waals surface area (Å²) in [4.78, 5) is 32.5. The fraction of sp³-hybridized carbons (Fsp3) is 0.812. The molecule has 0 unspecified atom stereocenters. The highest BCUT2D eigenvalue weighted by molar-refractivity contribution is 5.84. The van der Waals surface area contributed by atoms with Crippen molar-refractivity contribution in [3.63, 3.8) is 0 Å². The molecule has 22 heavy (non-hydrogen) atoms. The van der Waals surface area contributed by atoms with Crippen molar-refractivity contribution in [2.24, 2.45) is 5.73 Å². The molecule has 0 spiro atoms. The highest BCUT2D eigenvalue weighted by Gasteiger charge is 2.06. The molecule has 0 aliphatic heterocycles. The third-order valence-corrected chi connectivity index (χ3v) is 3.38. The van der Waals surface area contributed by atoms with Gasteiger partial charge in [0, 0.05) is 12.8 Å². The van der Waals surface area contributed by atoms with Gasteiger partial charge in [0.05, 0.1) is 19.6 Å². The number of ketones is 1. The van der Waals surface area contributed by atoms with Crippen molar-refractivity contribution >= 4 is 17.7 Å². The Bertz CT molecular complexity index is 330. The Morgan fingerprint density at radius 1 is 0.773 bits per heavy atom. The fourth-order valence-corrected chi connectivity index (χ4v) is 2.04. The Morgan fingerprint density at radius 2 is 1.32 bits per heavy atom. The van der Waals surface area contributed by atoms with E-state index in [1.165, 1.54) is 0 Å². The first-order chi connectivity index (χ1) is 10.6. The molecule has 0 aromatic heterocycles. The maximum absolute atomic E-state index is 11.3. The number of hydrogen-bond donors (Lipinski definition) is 2. The molecule has 0 rings (SSSR count). The van der Waals surface area contributed by atoms with Gasteiger partial charge in [-0.15, -0.1) is 0 Å². The van der Waals surface area contributed by atoms with Gasteiger partial charge in [-0.2, -0.15) is 0 Å². The summed E-state index contributed by atoms with van der Waals surface area (Å²) in [5.74, 6) is -1.18. The molecule has 0 aromatic rings. The average molecular weight is 315 g/mol. The molecular formula is C16H29NO5. The number of carbonyl (C=O) groups is 3. The van der Waals surface area contributed by atoms with Gasteiger partial charge in [0.2, 0.25) is 0 Å². The largest absolute Gasteiger partial charge is 0.481 e. The van der Waals surface area contributed by atoms with E-state index < -0.39 is 5.97 Å². The minimum Gasteiger partial charge on any atom is -0.481 e. The topological polar surface area (TPSA) is 107 Å². The van der Waals surface area contributed by atoms with Crippen LogP contribution in [-0.2, 0) is 19.1 Å². The summed E-state index contributed by atoms with van der Waals surface area (Å²) in [6.07, 6.45) is 8.58. The average Bonchev–Trinajstić information content (AvgIpc) is 2.49. The van der Waals surface area contributed by atoms with Crippen molar-refractivity contribution < 1.29 is 24.2 Å². The second kappa shape index (κ2) is 14.5. The molecule has 0 heterocycles. The normalized spacial score (nSPS) is 10.4. The summed E-state index contributed by atoms with van der Waals surface area (Å²) in [6.45, 7) is 0.387. The Balaban J connectivity index is 3.21. The lowest BCUT2D eigenvalue weighted by Crippen LogP contribution is -2.15. The lowest BCUT2D eigenvalue weighted by Gasteiger charge is -2.04. The molecule has 0 aliphatic rings. The second-order valence-corrected chi connectivity index (χ2v) is 5.44. The predicted octanol–water partition coefficient (Wildman–Crippen LogP) is 2.43. The third kappa shape index (κ3) is 15.0. The van der Waals surface area contributed by atoms with Crippen LogP contribution in [0.5, 0.6) is 0 Å². The molecule has 0 aliphatic carbocycles. The number of Topliss-reactive ketones (excluding diaryl/α,β-unsaturated/α-hetero) is 1. The summed E-state index contributed by atoms with van der Waals surface area (Å²) < 4.78 is 5.03. The van der Waals surface area contributed by atoms with Crippen LogP contribution >= 0.6 is 0 Å². The summed E-state index contributed by atoms with van der Waals surface area (Å²) in [7, 11) is 0. The van der Waals surface area contributed by atoms with Crippen LogP contribution in [0.1, 0.15) is 70.6 Å². The number of esters is 1. The van der Waals surface area contributed by atoms with Crippen molar-refractivity contribution in [2.45, 2.75) is 70.6 Å². The third-order valence-electron chi connectivity index (χ3n) is 3.38. The van der Waals surface area contributed by atoms with Crippen molar-refractivity contribution in [1.82, 2.24) is 0 Å². The molecule has 0 aromatic carbocycles. The number of carboxylic acids is 1. The van der Waals surface area contributed by atoms with Crippen LogP contribution in [0.4, 0.5) is 0 Å². The molecule has 0 bridgehead atoms. The molecule has 3 N–H and O–H groups in total. The monoisotopic (exact) mass is 315 g/mol. The number of ether oxygens (including phenoxy) is 1. The lowest BCUT2D eigenvalue weighted by atomic mass is 10.1. The van der Waals surface area contributed by atoms with E-state index in [4.69, 9.17) is 15.6 Å². The molecule has 6 heteroatoms. The zero-order chi connectivity index (χ0) is 16.6. The van der Waals surface area contributed by atoms with Crippen LogP contribution in [0.15, 0.2) is 0 Å². The molecule has 0 amide bonds. The lowest BCUT2D eigenvalue weighted by molar-refractivity contribution is -0.144. The number of carbonyl (C=O) groups excluding carboxylic acids is 2. The smallest absolute Gasteiger partial charge is 0.306 e. The Labute approximate surface area is 132 Å². The van der Waals surface area contributed by atoms with Crippen molar-refractivity contribution in [3.05, 3.63) is 0 Å². The molecule has 128 valence electrons. The number of carboxylic acid groups (broad SMARTS) is 1. The Hall–Kier alpha value is -1.43. The van der Waals surface area contributed by atoms with Gasteiger partial charge >= 0.3 is 11.9 Å². The Kier molecular flexibility index (Phi) is 13.6. The fourth-order valence-electron chi connectivity index (χ4n) is 2.04. The van der Waals surface area contributed by atoms with E-state index in [9.17, 15) is 14.4 Å². The number of hydrogen-bond acceptors (Lipinski definition) is 5. The van der Waals surface area contributed by atoms with Crippen LogP contribution in [0.2, 0.25) is 0 Å². The van der Waals surface area contributed by atoms with E-state index in [2.05, 4.69) is 0 Å². The van der Waals surface area contributed by atoms with E-state index >= 15 is 0 Å². The first kappa shape index (κ1) is 20.6. The van der Waals surface area contributed by atoms with Gasteiger partial charge in [-0.1, -0.05) is 38.5 Å². The quantitative estimate of drug-likeness (QED) is 0.355. The van der Waals surface area contributed by atoms with Crippen LogP contribution < -0.4 is 5.73 Å². The van der Waals surface area contributed by atoms with E-state index in [1.807, 2.05) is 0 Å². The summed E-state index contributed by atoms with van der Waals surface area (Å²) in [6, 6.07) is 0. The van der Waals surface area contributed by atoms with Crippen LogP contribution in [0.25, 0.3) is 0 Å². The van der Waals surface area contributed by atoms with E-state index in [0.717, 1.165) is 51.4 Å². The van der Waals surface area contributed by atoms with Gasteiger partial charge in [0.25, 0.3) is 0 Å². The summed E-state index contributed by atoms with van der Waals surface area (Å²) in [5, 5.41) is 8.49. The van der Waals surface area contributed by atoms with Gasteiger partial charge in [-0.3, -0.25) is 14.4 Å². The second-order valence-electron chi connectivity index (χ2n) is 5.44. The van der Waals surface area contributed by atoms with E-state index in [0.29, 0.717) is 6.61 Å². The molecule has 0 radical (unpaired) electrons. The van der Waals surface area contributed by atoms with Crippen molar-refractivity contribution in [1.29, 1.82) is 0 Å². The van der Waals surface area contributed by atoms with Gasteiger partial charge in [0.15, 0.2) is 0 Å². The first-order valence-electron chi connectivity index (χ1n) is 8.15. The number of aliphatic carboxylic acids is 1. The van der Waals surface area contributed by atoms with Crippen LogP contribution in [0, 0.1) is 0 Å². The number of unbranched alkanes of at least 4 members (excludes halogenated alkanes) is 7. The molecule has 0 saturated carbocycles. The van der Waals surface area contributed by atoms with Gasteiger partial charge < -0.3 is 15.6 Å². The minimum atomic E-state index is -0.720.